The van der Waals surface area contributed by atoms with Crippen LogP contribution in [0.2, 0.25) is 0 Å². The predicted molar refractivity (Wildman–Crippen MR) is 152 cm³/mol. The minimum Gasteiger partial charge on any atom is -0.379 e. The number of quaternary nitrogens is 1. The molecule has 0 bridgehead atoms. The van der Waals surface area contributed by atoms with Gasteiger partial charge in [0.1, 0.15) is 6.04 Å². The summed E-state index contributed by atoms with van der Waals surface area (Å²) in [5.41, 5.74) is -0.773. The first-order valence-electron chi connectivity index (χ1n) is 14.1. The highest BCUT2D eigenvalue weighted by Crippen LogP contribution is 2.20. The minimum atomic E-state index is -4.06. The third kappa shape index (κ3) is 15.2. The fourth-order valence-electron chi connectivity index (χ4n) is 3.70. The average molecular weight is 637 g/mol. The van der Waals surface area contributed by atoms with E-state index in [4.69, 9.17) is 14.1 Å². The van der Waals surface area contributed by atoms with Gasteiger partial charge in [0.2, 0.25) is 17.7 Å². The molecule has 16 nitrogen and oxygen atoms in total. The van der Waals surface area contributed by atoms with Gasteiger partial charge in [0, 0.05) is 31.2 Å². The van der Waals surface area contributed by atoms with Crippen molar-refractivity contribution in [3.63, 3.8) is 0 Å². The molecule has 1 aliphatic heterocycles. The van der Waals surface area contributed by atoms with Crippen LogP contribution in [0.5, 0.6) is 0 Å². The number of hydroxylamine groups is 2. The number of ether oxygens (including phenoxy) is 1. The Balaban J connectivity index is 2.53. The number of carbonyl (C=O) groups excluding carboxylic acids is 6. The van der Waals surface area contributed by atoms with Crippen molar-refractivity contribution in [3.8, 4) is 0 Å². The van der Waals surface area contributed by atoms with Crippen molar-refractivity contribution < 1.29 is 55.8 Å². The van der Waals surface area contributed by atoms with E-state index in [1.807, 2.05) is 21.0 Å². The molecule has 1 fully saturated rings. The largest absolute Gasteiger partial charge is 0.379 e. The van der Waals surface area contributed by atoms with Crippen LogP contribution in [0, 0.1) is 5.41 Å². The van der Waals surface area contributed by atoms with Crippen LogP contribution >= 0.6 is 0 Å². The summed E-state index contributed by atoms with van der Waals surface area (Å²) in [7, 11) is -0.377. The van der Waals surface area contributed by atoms with Crippen molar-refractivity contribution in [1.82, 2.24) is 21.0 Å². The Morgan fingerprint density at radius 2 is 1.65 bits per heavy atom. The van der Waals surface area contributed by atoms with Gasteiger partial charge in [-0.1, -0.05) is 20.8 Å². The van der Waals surface area contributed by atoms with Gasteiger partial charge in [-0.15, -0.1) is 5.06 Å². The van der Waals surface area contributed by atoms with Gasteiger partial charge in [0.25, 0.3) is 21.9 Å². The molecule has 1 heterocycles. The van der Waals surface area contributed by atoms with Crippen LogP contribution < -0.4 is 16.0 Å². The predicted octanol–water partition coefficient (Wildman–Crippen LogP) is -1.10. The number of carbonyl (C=O) groups is 6. The lowest BCUT2D eigenvalue weighted by Gasteiger charge is -2.30. The van der Waals surface area contributed by atoms with E-state index < -0.39 is 57.1 Å². The molecule has 5 amide bonds. The van der Waals surface area contributed by atoms with Crippen molar-refractivity contribution in [3.05, 3.63) is 0 Å². The standard InChI is InChI=1S/C26H45N5O11S/c1-6-26(2,3)25(37)29-19(24(36)28-11-14-31(4,5)13-7-17-43(38,39)40)18-20(32)27-12-16-41-15-10-23(35)42-30-21(33)8-9-22(30)34/h19H,6-18H2,1-5H3,(H3-,27,28,29,32,36,37,38,39,40)/p+1. The highest BCUT2D eigenvalue weighted by molar-refractivity contribution is 7.85. The van der Waals surface area contributed by atoms with Crippen molar-refractivity contribution >= 4 is 45.6 Å². The fraction of sp³-hybridized carbons (Fsp3) is 0.769. The number of nitrogens with one attached hydrogen (secondary N) is 3. The van der Waals surface area contributed by atoms with Gasteiger partial charge in [-0.05, 0) is 6.42 Å². The molecule has 1 atom stereocenters. The molecule has 1 unspecified atom stereocenters. The fourth-order valence-corrected chi connectivity index (χ4v) is 4.19. The second-order valence-electron chi connectivity index (χ2n) is 11.5. The van der Waals surface area contributed by atoms with E-state index in [-0.39, 0.29) is 64.2 Å². The normalized spacial score (nSPS) is 14.8. The summed E-state index contributed by atoms with van der Waals surface area (Å²) in [4.78, 5) is 77.8. The lowest BCUT2D eigenvalue weighted by Crippen LogP contribution is -2.54. The SMILES string of the molecule is CCC(C)(C)C(=O)NC(CC(=O)NCCOCCC(=O)ON1C(=O)CCC1=O)C(=O)NCC[N+](C)(C)CCCS(=O)(=O)O. The first-order chi connectivity index (χ1) is 19.9. The second-order valence-corrected chi connectivity index (χ2v) is 13.1. The third-order valence-corrected chi connectivity index (χ3v) is 7.71. The molecule has 4 N–H and O–H groups in total. The summed E-state index contributed by atoms with van der Waals surface area (Å²) in [6.45, 7) is 6.32. The zero-order valence-electron chi connectivity index (χ0n) is 25.6. The first kappa shape index (κ1) is 37.9. The molecule has 0 aromatic carbocycles. The quantitative estimate of drug-likeness (QED) is 0.0544. The van der Waals surface area contributed by atoms with Gasteiger partial charge < -0.3 is 30.0 Å². The van der Waals surface area contributed by atoms with E-state index in [9.17, 15) is 37.2 Å². The summed E-state index contributed by atoms with van der Waals surface area (Å²) < 4.78 is 36.5. The molecule has 0 saturated carbocycles. The lowest BCUT2D eigenvalue weighted by atomic mass is 9.89. The van der Waals surface area contributed by atoms with Gasteiger partial charge in [-0.25, -0.2) is 4.79 Å². The van der Waals surface area contributed by atoms with Crippen LogP contribution in [0.1, 0.15) is 59.3 Å². The zero-order chi connectivity index (χ0) is 32.8. The number of hydrogen-bond acceptors (Lipinski definition) is 10. The third-order valence-electron chi connectivity index (χ3n) is 6.91. The number of amides is 5. The van der Waals surface area contributed by atoms with Crippen LogP contribution in [0.25, 0.3) is 0 Å². The number of imide groups is 1. The van der Waals surface area contributed by atoms with Crippen LogP contribution in [0.4, 0.5) is 0 Å². The van der Waals surface area contributed by atoms with Gasteiger partial charge in [0.05, 0.1) is 65.5 Å². The molecule has 43 heavy (non-hydrogen) atoms. The summed E-state index contributed by atoms with van der Waals surface area (Å²) in [6.07, 6.45) is 0.161. The monoisotopic (exact) mass is 636 g/mol. The van der Waals surface area contributed by atoms with Gasteiger partial charge in [-0.2, -0.15) is 8.42 Å². The van der Waals surface area contributed by atoms with E-state index >= 15 is 0 Å². The topological polar surface area (TPSA) is 215 Å². The number of nitrogens with zero attached hydrogens (tertiary/aromatic N) is 2. The maximum Gasteiger partial charge on any atom is 0.335 e. The molecule has 0 aromatic rings. The van der Waals surface area contributed by atoms with Crippen molar-refractivity contribution in [1.29, 1.82) is 0 Å². The Kier molecular flexibility index (Phi) is 15.2. The van der Waals surface area contributed by atoms with Crippen molar-refractivity contribution in [2.75, 3.05) is 59.2 Å². The summed E-state index contributed by atoms with van der Waals surface area (Å²) in [5.74, 6) is -3.81. The van der Waals surface area contributed by atoms with E-state index in [1.54, 1.807) is 13.8 Å². The van der Waals surface area contributed by atoms with Crippen molar-refractivity contribution in [2.45, 2.75) is 65.3 Å². The van der Waals surface area contributed by atoms with Crippen LogP contribution in [-0.4, -0.2) is 123 Å². The molecule has 1 aliphatic rings. The maximum absolute atomic E-state index is 13.0. The molecule has 0 spiro atoms. The van der Waals surface area contributed by atoms with Crippen LogP contribution in [0.3, 0.4) is 0 Å². The highest BCUT2D eigenvalue weighted by atomic mass is 32.2. The number of likely N-dealkylation sites (N-methyl/N-ethyl adjacent to an activating group) is 1. The molecular weight excluding hydrogens is 590 g/mol. The molecular formula is C26H46N5O11S+. The second kappa shape index (κ2) is 17.2. The van der Waals surface area contributed by atoms with Crippen LogP contribution in [-0.2, 0) is 48.5 Å². The highest BCUT2D eigenvalue weighted by Gasteiger charge is 2.33. The Hall–Kier alpha value is -3.15. The zero-order valence-corrected chi connectivity index (χ0v) is 26.4. The van der Waals surface area contributed by atoms with Crippen LogP contribution in [0.15, 0.2) is 0 Å². The maximum atomic E-state index is 13.0. The van der Waals surface area contributed by atoms with Gasteiger partial charge >= 0.3 is 5.97 Å². The number of rotatable bonds is 20. The Morgan fingerprint density at radius 3 is 2.23 bits per heavy atom. The summed E-state index contributed by atoms with van der Waals surface area (Å²) in [5, 5.41) is 8.41. The Morgan fingerprint density at radius 1 is 1.02 bits per heavy atom. The molecule has 246 valence electrons. The molecule has 0 aromatic heterocycles. The van der Waals surface area contributed by atoms with E-state index in [0.717, 1.165) is 0 Å². The van der Waals surface area contributed by atoms with E-state index in [2.05, 4.69) is 16.0 Å². The Bertz CT molecular complexity index is 1110. The smallest absolute Gasteiger partial charge is 0.335 e. The van der Waals surface area contributed by atoms with Crippen molar-refractivity contribution in [2.24, 2.45) is 5.41 Å². The molecule has 1 rings (SSSR count). The summed E-state index contributed by atoms with van der Waals surface area (Å²) >= 11 is 0. The minimum absolute atomic E-state index is 0.00958. The van der Waals surface area contributed by atoms with Gasteiger partial charge in [-0.3, -0.25) is 28.5 Å². The Labute approximate surface area is 252 Å². The molecule has 0 aliphatic carbocycles. The lowest BCUT2D eigenvalue weighted by molar-refractivity contribution is -0.889. The molecule has 0 radical (unpaired) electrons. The average Bonchev–Trinajstić information content (AvgIpc) is 3.21. The molecule has 1 saturated heterocycles. The summed E-state index contributed by atoms with van der Waals surface area (Å²) in [6, 6.07) is -1.15. The van der Waals surface area contributed by atoms with Gasteiger partial charge in [0.15, 0.2) is 0 Å². The van der Waals surface area contributed by atoms with E-state index in [1.165, 1.54) is 0 Å². The first-order valence-corrected chi connectivity index (χ1v) is 15.7. The molecule has 17 heteroatoms. The van der Waals surface area contributed by atoms with E-state index in [0.29, 0.717) is 29.1 Å². The number of hydrogen-bond donors (Lipinski definition) is 4.